The van der Waals surface area contributed by atoms with Crippen LogP contribution in [0.15, 0.2) is 18.2 Å². The van der Waals surface area contributed by atoms with Crippen molar-refractivity contribution < 1.29 is 8.78 Å². The van der Waals surface area contributed by atoms with Crippen LogP contribution < -0.4 is 5.32 Å². The van der Waals surface area contributed by atoms with Gasteiger partial charge in [-0.1, -0.05) is 12.8 Å². The van der Waals surface area contributed by atoms with Gasteiger partial charge in [-0.25, -0.2) is 8.78 Å². The van der Waals surface area contributed by atoms with Crippen molar-refractivity contribution >= 4 is 0 Å². The van der Waals surface area contributed by atoms with E-state index < -0.39 is 11.6 Å². The first kappa shape index (κ1) is 12.5. The minimum atomic E-state index is -0.504. The van der Waals surface area contributed by atoms with E-state index in [0.29, 0.717) is 24.1 Å². The molecule has 1 nitrogen and oxygen atoms in total. The second kappa shape index (κ2) is 5.58. The smallest absolute Gasteiger partial charge is 0.126 e. The summed E-state index contributed by atoms with van der Waals surface area (Å²) in [6.45, 7) is 2.69. The highest BCUT2D eigenvalue weighted by Gasteiger charge is 2.20. The first-order chi connectivity index (χ1) is 8.15. The van der Waals surface area contributed by atoms with Gasteiger partial charge < -0.3 is 5.32 Å². The zero-order valence-corrected chi connectivity index (χ0v) is 10.2. The molecule has 1 saturated carbocycles. The number of benzene rings is 1. The normalized spacial score (nSPS) is 18.5. The molecular weight excluding hydrogens is 220 g/mol. The lowest BCUT2D eigenvalue weighted by atomic mass is 9.99. The molecule has 1 aliphatic rings. The summed E-state index contributed by atoms with van der Waals surface area (Å²) < 4.78 is 26.0. The van der Waals surface area contributed by atoms with Crippen molar-refractivity contribution in [3.63, 3.8) is 0 Å². The van der Waals surface area contributed by atoms with Crippen LogP contribution in [0.2, 0.25) is 0 Å². The fraction of sp³-hybridized carbons (Fsp3) is 0.571. The van der Waals surface area contributed by atoms with E-state index in [9.17, 15) is 8.78 Å². The highest BCUT2D eigenvalue weighted by atomic mass is 19.1. The molecule has 1 aromatic rings. The van der Waals surface area contributed by atoms with Crippen LogP contribution in [-0.2, 0) is 6.54 Å². The molecule has 0 amide bonds. The molecule has 0 aromatic heterocycles. The third-order valence-corrected chi connectivity index (χ3v) is 3.66. The highest BCUT2D eigenvalue weighted by molar-refractivity contribution is 5.17. The Balaban J connectivity index is 1.88. The van der Waals surface area contributed by atoms with E-state index in [0.717, 1.165) is 6.07 Å². The Bertz CT molecular complexity index is 352. The van der Waals surface area contributed by atoms with Crippen molar-refractivity contribution in [2.45, 2.75) is 45.2 Å². The number of nitrogens with one attached hydrogen (secondary N) is 1. The van der Waals surface area contributed by atoms with Crippen LogP contribution in [0.3, 0.4) is 0 Å². The third kappa shape index (κ3) is 3.50. The number of hydrogen-bond donors (Lipinski definition) is 1. The zero-order chi connectivity index (χ0) is 12.3. The van der Waals surface area contributed by atoms with Gasteiger partial charge in [0.1, 0.15) is 11.6 Å². The van der Waals surface area contributed by atoms with E-state index in [1.165, 1.54) is 37.8 Å². The maximum Gasteiger partial charge on any atom is 0.126 e. The van der Waals surface area contributed by atoms with Gasteiger partial charge in [-0.05, 0) is 43.4 Å². The number of rotatable bonds is 4. The van der Waals surface area contributed by atoms with E-state index in [1.54, 1.807) is 0 Å². The molecule has 0 unspecified atom stereocenters. The molecule has 0 saturated heterocycles. The standard InChI is InChI=1S/C14H19F2N/c1-10(12-4-2-3-5-12)17-9-11-6-13(15)8-14(16)7-11/h6-8,10,12,17H,2-5,9H2,1H3/t10-/m1/s1. The molecule has 0 radical (unpaired) electrons. The maximum absolute atomic E-state index is 13.0. The fourth-order valence-corrected chi connectivity index (χ4v) is 2.62. The quantitative estimate of drug-likeness (QED) is 0.846. The minimum Gasteiger partial charge on any atom is -0.310 e. The lowest BCUT2D eigenvalue weighted by molar-refractivity contribution is 0.380. The molecule has 0 bridgehead atoms. The van der Waals surface area contributed by atoms with Gasteiger partial charge in [-0.3, -0.25) is 0 Å². The van der Waals surface area contributed by atoms with Gasteiger partial charge in [-0.2, -0.15) is 0 Å². The Morgan fingerprint density at radius 2 is 1.76 bits per heavy atom. The first-order valence-corrected chi connectivity index (χ1v) is 6.33. The fourth-order valence-electron chi connectivity index (χ4n) is 2.62. The van der Waals surface area contributed by atoms with Crippen LogP contribution in [0.25, 0.3) is 0 Å². The molecule has 1 aromatic carbocycles. The predicted molar refractivity (Wildman–Crippen MR) is 64.6 cm³/mol. The molecule has 1 fully saturated rings. The van der Waals surface area contributed by atoms with Crippen LogP contribution in [0, 0.1) is 17.6 Å². The molecule has 0 spiro atoms. The van der Waals surface area contributed by atoms with Gasteiger partial charge >= 0.3 is 0 Å². The van der Waals surface area contributed by atoms with Crippen molar-refractivity contribution in [2.75, 3.05) is 0 Å². The van der Waals surface area contributed by atoms with Gasteiger partial charge in [0.05, 0.1) is 0 Å². The van der Waals surface area contributed by atoms with E-state index in [4.69, 9.17) is 0 Å². The van der Waals surface area contributed by atoms with Crippen LogP contribution in [0.4, 0.5) is 8.78 Å². The van der Waals surface area contributed by atoms with Gasteiger partial charge in [-0.15, -0.1) is 0 Å². The summed E-state index contributed by atoms with van der Waals surface area (Å²) >= 11 is 0. The van der Waals surface area contributed by atoms with Crippen molar-refractivity contribution in [2.24, 2.45) is 5.92 Å². The summed E-state index contributed by atoms with van der Waals surface area (Å²) in [5.74, 6) is -0.293. The van der Waals surface area contributed by atoms with Crippen LogP contribution >= 0.6 is 0 Å². The second-order valence-electron chi connectivity index (χ2n) is 4.99. The summed E-state index contributed by atoms with van der Waals surface area (Å²) in [4.78, 5) is 0. The summed E-state index contributed by atoms with van der Waals surface area (Å²) in [6, 6.07) is 4.10. The summed E-state index contributed by atoms with van der Waals surface area (Å²) in [6.07, 6.45) is 5.16. The van der Waals surface area contributed by atoms with Gasteiger partial charge in [0, 0.05) is 18.7 Å². The van der Waals surface area contributed by atoms with Crippen LogP contribution in [-0.4, -0.2) is 6.04 Å². The largest absolute Gasteiger partial charge is 0.310 e. The molecule has 1 atom stereocenters. The van der Waals surface area contributed by atoms with Crippen LogP contribution in [0.5, 0.6) is 0 Å². The zero-order valence-electron chi connectivity index (χ0n) is 10.2. The molecule has 17 heavy (non-hydrogen) atoms. The monoisotopic (exact) mass is 239 g/mol. The predicted octanol–water partition coefficient (Wildman–Crippen LogP) is 3.63. The van der Waals surface area contributed by atoms with E-state index in [2.05, 4.69) is 12.2 Å². The van der Waals surface area contributed by atoms with Gasteiger partial charge in [0.15, 0.2) is 0 Å². The first-order valence-electron chi connectivity index (χ1n) is 6.33. The van der Waals surface area contributed by atoms with Gasteiger partial charge in [0.25, 0.3) is 0 Å². The Kier molecular flexibility index (Phi) is 4.11. The van der Waals surface area contributed by atoms with Crippen molar-refractivity contribution in [1.29, 1.82) is 0 Å². The lowest BCUT2D eigenvalue weighted by Gasteiger charge is -2.20. The molecule has 1 aliphatic carbocycles. The average molecular weight is 239 g/mol. The van der Waals surface area contributed by atoms with Crippen molar-refractivity contribution in [1.82, 2.24) is 5.32 Å². The summed E-state index contributed by atoms with van der Waals surface area (Å²) in [5, 5.41) is 3.36. The summed E-state index contributed by atoms with van der Waals surface area (Å²) in [5.41, 5.74) is 0.673. The molecule has 1 N–H and O–H groups in total. The molecule has 3 heteroatoms. The highest BCUT2D eigenvalue weighted by Crippen LogP contribution is 2.27. The van der Waals surface area contributed by atoms with Crippen LogP contribution in [0.1, 0.15) is 38.2 Å². The second-order valence-corrected chi connectivity index (χ2v) is 4.99. The Morgan fingerprint density at radius 1 is 1.18 bits per heavy atom. The molecule has 0 aliphatic heterocycles. The van der Waals surface area contributed by atoms with Crippen molar-refractivity contribution in [3.8, 4) is 0 Å². The van der Waals surface area contributed by atoms with E-state index >= 15 is 0 Å². The third-order valence-electron chi connectivity index (χ3n) is 3.66. The maximum atomic E-state index is 13.0. The van der Waals surface area contributed by atoms with Gasteiger partial charge in [0.2, 0.25) is 0 Å². The SMILES string of the molecule is C[C@@H](NCc1cc(F)cc(F)c1)C1CCCC1. The molecule has 2 rings (SSSR count). The number of hydrogen-bond acceptors (Lipinski definition) is 1. The van der Waals surface area contributed by atoms with E-state index in [1.807, 2.05) is 0 Å². The summed E-state index contributed by atoms with van der Waals surface area (Å²) in [7, 11) is 0. The average Bonchev–Trinajstić information content (AvgIpc) is 2.78. The molecule has 94 valence electrons. The Morgan fingerprint density at radius 3 is 2.35 bits per heavy atom. The minimum absolute atomic E-state index is 0.420. The topological polar surface area (TPSA) is 12.0 Å². The lowest BCUT2D eigenvalue weighted by Crippen LogP contribution is -2.31. The number of halogens is 2. The Hall–Kier alpha value is -0.960. The molecule has 0 heterocycles. The van der Waals surface area contributed by atoms with Crippen molar-refractivity contribution in [3.05, 3.63) is 35.4 Å². The molecular formula is C14H19F2N. The van der Waals surface area contributed by atoms with E-state index in [-0.39, 0.29) is 0 Å². The Labute approximate surface area is 101 Å².